The quantitative estimate of drug-likeness (QED) is 0.645. The van der Waals surface area contributed by atoms with Gasteiger partial charge in [-0.25, -0.2) is 9.37 Å². The molecule has 7 heteroatoms. The zero-order chi connectivity index (χ0) is 16.9. The van der Waals surface area contributed by atoms with Crippen LogP contribution < -0.4 is 10.6 Å². The Morgan fingerprint density at radius 3 is 3.04 bits per heavy atom. The number of anilines is 1. The standard InChI is InChI=1S/C17H16FN3O2S/c18-11-4-5-12-13(10-15(22)21-14(12)9-11)17(23)20-7-8-24-16-3-1-2-6-19-16/h1-6,9,13H,7-8,10H2,(H,20,23)(H,21,22)/t13-/m1/s1. The summed E-state index contributed by atoms with van der Waals surface area (Å²) >= 11 is 1.54. The zero-order valence-electron chi connectivity index (χ0n) is 12.8. The molecule has 1 aliphatic rings. The van der Waals surface area contributed by atoms with Crippen LogP contribution >= 0.6 is 11.8 Å². The van der Waals surface area contributed by atoms with Crippen LogP contribution in [0.1, 0.15) is 17.9 Å². The summed E-state index contributed by atoms with van der Waals surface area (Å²) in [5.74, 6) is -0.857. The number of halogens is 1. The Balaban J connectivity index is 1.58. The number of carbonyl (C=O) groups is 2. The van der Waals surface area contributed by atoms with Gasteiger partial charge in [-0.15, -0.1) is 11.8 Å². The van der Waals surface area contributed by atoms with E-state index in [0.717, 1.165) is 5.03 Å². The molecular weight excluding hydrogens is 329 g/mol. The highest BCUT2D eigenvalue weighted by Gasteiger charge is 2.30. The van der Waals surface area contributed by atoms with E-state index in [-0.39, 0.29) is 18.2 Å². The Morgan fingerprint density at radius 1 is 1.38 bits per heavy atom. The van der Waals surface area contributed by atoms with Crippen LogP contribution in [0.15, 0.2) is 47.6 Å². The molecule has 0 fully saturated rings. The van der Waals surface area contributed by atoms with Crippen molar-refractivity contribution in [3.8, 4) is 0 Å². The Hall–Kier alpha value is -2.41. The highest BCUT2D eigenvalue weighted by atomic mass is 32.2. The summed E-state index contributed by atoms with van der Waals surface area (Å²) in [5.41, 5.74) is 1.01. The van der Waals surface area contributed by atoms with Crippen molar-refractivity contribution in [1.29, 1.82) is 0 Å². The van der Waals surface area contributed by atoms with Crippen molar-refractivity contribution in [3.63, 3.8) is 0 Å². The molecule has 1 aromatic heterocycles. The number of amides is 2. The third-order valence-electron chi connectivity index (χ3n) is 3.66. The van der Waals surface area contributed by atoms with Crippen LogP contribution in [-0.4, -0.2) is 29.1 Å². The van der Waals surface area contributed by atoms with Crippen molar-refractivity contribution in [3.05, 3.63) is 54.0 Å². The van der Waals surface area contributed by atoms with Gasteiger partial charge in [-0.2, -0.15) is 0 Å². The van der Waals surface area contributed by atoms with Gasteiger partial charge >= 0.3 is 0 Å². The van der Waals surface area contributed by atoms with Crippen molar-refractivity contribution in [2.24, 2.45) is 0 Å². The molecule has 1 atom stereocenters. The van der Waals surface area contributed by atoms with Gasteiger partial charge in [-0.3, -0.25) is 9.59 Å². The summed E-state index contributed by atoms with van der Waals surface area (Å²) in [4.78, 5) is 28.3. The molecule has 0 spiro atoms. The summed E-state index contributed by atoms with van der Waals surface area (Å²) < 4.78 is 13.3. The van der Waals surface area contributed by atoms with Crippen molar-refractivity contribution in [2.75, 3.05) is 17.6 Å². The lowest BCUT2D eigenvalue weighted by Crippen LogP contribution is -2.36. The molecular formula is C17H16FN3O2S. The molecule has 0 saturated heterocycles. The number of fused-ring (bicyclic) bond motifs is 1. The van der Waals surface area contributed by atoms with Crippen molar-refractivity contribution < 1.29 is 14.0 Å². The lowest BCUT2D eigenvalue weighted by atomic mass is 9.90. The molecule has 2 amide bonds. The molecule has 0 unspecified atom stereocenters. The summed E-state index contributed by atoms with van der Waals surface area (Å²) in [6.45, 7) is 0.467. The molecule has 24 heavy (non-hydrogen) atoms. The van der Waals surface area contributed by atoms with Gasteiger partial charge in [-0.1, -0.05) is 12.1 Å². The third-order valence-corrected chi connectivity index (χ3v) is 4.61. The van der Waals surface area contributed by atoms with E-state index >= 15 is 0 Å². The van der Waals surface area contributed by atoms with Crippen LogP contribution in [0.4, 0.5) is 10.1 Å². The minimum Gasteiger partial charge on any atom is -0.355 e. The molecule has 0 bridgehead atoms. The average molecular weight is 345 g/mol. The summed E-state index contributed by atoms with van der Waals surface area (Å²) in [6, 6.07) is 9.75. The van der Waals surface area contributed by atoms with Gasteiger partial charge in [0.2, 0.25) is 11.8 Å². The smallest absolute Gasteiger partial charge is 0.228 e. The van der Waals surface area contributed by atoms with Gasteiger partial charge < -0.3 is 10.6 Å². The fraction of sp³-hybridized carbons (Fsp3) is 0.235. The lowest BCUT2D eigenvalue weighted by molar-refractivity contribution is -0.126. The average Bonchev–Trinajstić information content (AvgIpc) is 2.58. The first-order chi connectivity index (χ1) is 11.6. The highest BCUT2D eigenvalue weighted by molar-refractivity contribution is 7.99. The van der Waals surface area contributed by atoms with E-state index in [4.69, 9.17) is 0 Å². The minimum absolute atomic E-state index is 0.0673. The predicted molar refractivity (Wildman–Crippen MR) is 90.4 cm³/mol. The third kappa shape index (κ3) is 3.91. The first-order valence-electron chi connectivity index (χ1n) is 7.54. The first kappa shape index (κ1) is 16.4. The van der Waals surface area contributed by atoms with Gasteiger partial charge in [-0.05, 0) is 29.8 Å². The summed E-state index contributed by atoms with van der Waals surface area (Å²) in [6.07, 6.45) is 1.79. The van der Waals surface area contributed by atoms with Gasteiger partial charge in [0, 0.05) is 30.6 Å². The number of thioether (sulfide) groups is 1. The number of nitrogens with one attached hydrogen (secondary N) is 2. The Labute approximate surface area is 143 Å². The van der Waals surface area contributed by atoms with E-state index in [2.05, 4.69) is 15.6 Å². The molecule has 1 aromatic carbocycles. The number of benzene rings is 1. The molecule has 2 heterocycles. The van der Waals surface area contributed by atoms with Crippen LogP contribution in [-0.2, 0) is 9.59 Å². The van der Waals surface area contributed by atoms with E-state index in [1.54, 1.807) is 24.0 Å². The summed E-state index contributed by atoms with van der Waals surface area (Å²) in [5, 5.41) is 6.33. The highest BCUT2D eigenvalue weighted by Crippen LogP contribution is 2.32. The second-order valence-corrected chi connectivity index (χ2v) is 6.46. The van der Waals surface area contributed by atoms with E-state index in [9.17, 15) is 14.0 Å². The number of carbonyl (C=O) groups excluding carboxylic acids is 2. The molecule has 2 aromatic rings. The minimum atomic E-state index is -0.589. The fourth-order valence-corrected chi connectivity index (χ4v) is 3.28. The maximum Gasteiger partial charge on any atom is 0.228 e. The number of nitrogens with zero attached hydrogens (tertiary/aromatic N) is 1. The topological polar surface area (TPSA) is 71.1 Å². The normalized spacial score (nSPS) is 16.2. The number of hydrogen-bond donors (Lipinski definition) is 2. The number of pyridine rings is 1. The number of rotatable bonds is 5. The van der Waals surface area contributed by atoms with E-state index < -0.39 is 11.7 Å². The zero-order valence-corrected chi connectivity index (χ0v) is 13.6. The van der Waals surface area contributed by atoms with Crippen molar-refractivity contribution >= 4 is 29.3 Å². The van der Waals surface area contributed by atoms with Gasteiger partial charge in [0.1, 0.15) is 5.82 Å². The van der Waals surface area contributed by atoms with E-state index in [1.807, 2.05) is 18.2 Å². The SMILES string of the molecule is O=C1C[C@@H](C(=O)NCCSc2ccccn2)c2ccc(F)cc2N1. The maximum absolute atomic E-state index is 13.3. The van der Waals surface area contributed by atoms with Crippen LogP contribution in [0.2, 0.25) is 0 Å². The van der Waals surface area contributed by atoms with Gasteiger partial charge in [0.15, 0.2) is 0 Å². The number of aromatic nitrogens is 1. The van der Waals surface area contributed by atoms with Crippen LogP contribution in [0.3, 0.4) is 0 Å². The molecule has 2 N–H and O–H groups in total. The van der Waals surface area contributed by atoms with Gasteiger partial charge in [0.25, 0.3) is 0 Å². The Bertz CT molecular complexity index is 755. The Kier molecular flexibility index (Phi) is 5.10. The van der Waals surface area contributed by atoms with E-state index in [0.29, 0.717) is 23.5 Å². The monoisotopic (exact) mass is 345 g/mol. The molecule has 5 nitrogen and oxygen atoms in total. The molecule has 0 aliphatic carbocycles. The summed E-state index contributed by atoms with van der Waals surface area (Å²) in [7, 11) is 0. The molecule has 124 valence electrons. The van der Waals surface area contributed by atoms with Gasteiger partial charge in [0.05, 0.1) is 10.9 Å². The second-order valence-electron chi connectivity index (χ2n) is 5.34. The molecule has 0 radical (unpaired) electrons. The van der Waals surface area contributed by atoms with Crippen LogP contribution in [0.5, 0.6) is 0 Å². The van der Waals surface area contributed by atoms with Crippen molar-refractivity contribution in [2.45, 2.75) is 17.4 Å². The molecule has 3 rings (SSSR count). The number of hydrogen-bond acceptors (Lipinski definition) is 4. The molecule has 1 aliphatic heterocycles. The lowest BCUT2D eigenvalue weighted by Gasteiger charge is -2.24. The van der Waals surface area contributed by atoms with Crippen LogP contribution in [0.25, 0.3) is 0 Å². The first-order valence-corrected chi connectivity index (χ1v) is 8.53. The fourth-order valence-electron chi connectivity index (χ4n) is 2.56. The van der Waals surface area contributed by atoms with Crippen molar-refractivity contribution in [1.82, 2.24) is 10.3 Å². The van der Waals surface area contributed by atoms with Crippen LogP contribution in [0, 0.1) is 5.82 Å². The second kappa shape index (κ2) is 7.44. The largest absolute Gasteiger partial charge is 0.355 e. The Morgan fingerprint density at radius 2 is 2.25 bits per heavy atom. The molecule has 0 saturated carbocycles. The maximum atomic E-state index is 13.3. The predicted octanol–water partition coefficient (Wildman–Crippen LogP) is 2.55. The van der Waals surface area contributed by atoms with E-state index in [1.165, 1.54) is 12.1 Å².